The average molecular weight is 385 g/mol. The van der Waals surface area contributed by atoms with Gasteiger partial charge in [0.2, 0.25) is 11.8 Å². The van der Waals surface area contributed by atoms with Crippen LogP contribution in [0.4, 0.5) is 0 Å². The predicted octanol–water partition coefficient (Wildman–Crippen LogP) is -2.05. The van der Waals surface area contributed by atoms with Gasteiger partial charge >= 0.3 is 35.5 Å². The molecule has 0 aromatic heterocycles. The molecule has 2 amide bonds. The van der Waals surface area contributed by atoms with E-state index in [1.165, 1.54) is 0 Å². The van der Waals surface area contributed by atoms with E-state index < -0.39 is 30.0 Å². The Hall–Kier alpha value is -1.41. The maximum Gasteiger partial charge on any atom is 1.00 e. The topological polar surface area (TPSA) is 117 Å². The predicted molar refractivity (Wildman–Crippen MR) is 98.7 cm³/mol. The van der Waals surface area contributed by atoms with Crippen molar-refractivity contribution in [3.05, 3.63) is 35.9 Å². The number of nitrogens with one attached hydrogen (secondary N) is 3. The van der Waals surface area contributed by atoms with E-state index >= 15 is 0 Å². The van der Waals surface area contributed by atoms with Gasteiger partial charge in [0, 0.05) is 13.0 Å². The zero-order valence-electron chi connectivity index (χ0n) is 17.0. The molecule has 7 nitrogen and oxygen atoms in total. The normalized spacial score (nSPS) is 18.7. The molecule has 0 unspecified atom stereocenters. The molecule has 0 saturated carbocycles. The van der Waals surface area contributed by atoms with Crippen LogP contribution in [0.5, 0.6) is 0 Å². The Balaban J connectivity index is 0.00000364. The first-order valence-electron chi connectivity index (χ1n) is 9.13. The van der Waals surface area contributed by atoms with Gasteiger partial charge < -0.3 is 17.2 Å². The van der Waals surface area contributed by atoms with Crippen molar-refractivity contribution >= 4 is 17.8 Å². The second-order valence-electron chi connectivity index (χ2n) is 6.56. The van der Waals surface area contributed by atoms with Crippen molar-refractivity contribution in [3.63, 3.8) is 0 Å². The molecule has 1 aromatic carbocycles. The summed E-state index contributed by atoms with van der Waals surface area (Å²) < 4.78 is 0. The van der Waals surface area contributed by atoms with Crippen LogP contribution in [0.25, 0.3) is 0 Å². The van der Waals surface area contributed by atoms with Gasteiger partial charge in [-0.2, -0.15) is 0 Å². The van der Waals surface area contributed by atoms with Gasteiger partial charge in [0.15, 0.2) is 0 Å². The van der Waals surface area contributed by atoms with Gasteiger partial charge in [-0.1, -0.05) is 56.5 Å². The van der Waals surface area contributed by atoms with Crippen molar-refractivity contribution in [1.82, 2.24) is 16.0 Å². The number of carboxylic acid groups (broad SMARTS) is 1. The van der Waals surface area contributed by atoms with Gasteiger partial charge in [-0.15, -0.1) is 0 Å². The molecule has 1 aliphatic rings. The van der Waals surface area contributed by atoms with Gasteiger partial charge in [0.05, 0.1) is 0 Å². The summed E-state index contributed by atoms with van der Waals surface area (Å²) in [7, 11) is 0. The van der Waals surface area contributed by atoms with Gasteiger partial charge in [0.25, 0.3) is 0 Å². The van der Waals surface area contributed by atoms with E-state index in [9.17, 15) is 14.4 Å². The molecule has 144 valence electrons. The van der Waals surface area contributed by atoms with E-state index in [4.69, 9.17) is 5.11 Å². The SMILES string of the molecule is CCCCCCNC(=O)[C@H](Cc1ccccc1)NC(=O)[C@H]1N[C@@H]1C(=O)O.[H-].[Na+]. The van der Waals surface area contributed by atoms with E-state index in [1.807, 2.05) is 30.3 Å². The number of unbranched alkanes of at least 4 members (excludes halogenated alkanes) is 3. The molecule has 0 bridgehead atoms. The first kappa shape index (κ1) is 23.6. The van der Waals surface area contributed by atoms with E-state index in [0.717, 1.165) is 31.2 Å². The Bertz CT molecular complexity index is 633. The van der Waals surface area contributed by atoms with Crippen LogP contribution in [0.15, 0.2) is 30.3 Å². The minimum atomic E-state index is -1.06. The van der Waals surface area contributed by atoms with Crippen LogP contribution in [-0.4, -0.2) is 47.6 Å². The van der Waals surface area contributed by atoms with Crippen LogP contribution >= 0.6 is 0 Å². The third-order valence-corrected chi connectivity index (χ3v) is 4.38. The molecule has 1 fully saturated rings. The van der Waals surface area contributed by atoms with E-state index in [2.05, 4.69) is 22.9 Å². The molecule has 1 heterocycles. The number of amides is 2. The molecule has 3 atom stereocenters. The molecule has 27 heavy (non-hydrogen) atoms. The minimum absolute atomic E-state index is 0. The van der Waals surface area contributed by atoms with Crippen LogP contribution in [0.2, 0.25) is 0 Å². The number of rotatable bonds is 11. The summed E-state index contributed by atoms with van der Waals surface area (Å²) in [6, 6.07) is 7.04. The number of aliphatic carboxylic acids is 1. The Morgan fingerprint density at radius 3 is 2.44 bits per heavy atom. The largest absolute Gasteiger partial charge is 1.00 e. The van der Waals surface area contributed by atoms with Crippen molar-refractivity contribution in [2.45, 2.75) is 57.2 Å². The van der Waals surface area contributed by atoms with Gasteiger partial charge in [-0.3, -0.25) is 19.7 Å². The summed E-state index contributed by atoms with van der Waals surface area (Å²) >= 11 is 0. The second kappa shape index (κ2) is 12.1. The molecular weight excluding hydrogens is 357 g/mol. The molecule has 2 rings (SSSR count). The number of hydrogen-bond donors (Lipinski definition) is 4. The van der Waals surface area contributed by atoms with Crippen LogP contribution < -0.4 is 45.5 Å². The minimum Gasteiger partial charge on any atom is -1.00 e. The third-order valence-electron chi connectivity index (χ3n) is 4.38. The van der Waals surface area contributed by atoms with Crippen LogP contribution in [0.3, 0.4) is 0 Å². The number of carbonyl (C=O) groups is 3. The first-order chi connectivity index (χ1) is 12.5. The summed E-state index contributed by atoms with van der Waals surface area (Å²) in [5.41, 5.74) is 0.928. The number of carboxylic acids is 1. The van der Waals surface area contributed by atoms with Crippen LogP contribution in [0.1, 0.15) is 39.6 Å². The molecule has 4 N–H and O–H groups in total. The molecule has 0 aliphatic carbocycles. The van der Waals surface area contributed by atoms with Gasteiger partial charge in [-0.25, -0.2) is 0 Å². The monoisotopic (exact) mass is 385 g/mol. The summed E-state index contributed by atoms with van der Waals surface area (Å²) in [5, 5.41) is 17.1. The van der Waals surface area contributed by atoms with Crippen LogP contribution in [-0.2, 0) is 20.8 Å². The number of benzene rings is 1. The molecular formula is C19H28N3NaO4. The van der Waals surface area contributed by atoms with Crippen molar-refractivity contribution in [2.24, 2.45) is 0 Å². The summed E-state index contributed by atoms with van der Waals surface area (Å²) in [6.45, 7) is 2.69. The van der Waals surface area contributed by atoms with Gasteiger partial charge in [-0.05, 0) is 12.0 Å². The Morgan fingerprint density at radius 2 is 1.85 bits per heavy atom. The van der Waals surface area contributed by atoms with Crippen molar-refractivity contribution in [2.75, 3.05) is 6.54 Å². The Labute approximate surface area is 183 Å². The summed E-state index contributed by atoms with van der Waals surface area (Å²) in [4.78, 5) is 35.6. The summed E-state index contributed by atoms with van der Waals surface area (Å²) in [5.74, 6) is -1.77. The van der Waals surface area contributed by atoms with E-state index in [-0.39, 0.29) is 36.9 Å². The summed E-state index contributed by atoms with van der Waals surface area (Å²) in [6.07, 6.45) is 4.57. The molecule has 1 aromatic rings. The quantitative estimate of drug-likeness (QED) is 0.199. The van der Waals surface area contributed by atoms with Crippen molar-refractivity contribution in [3.8, 4) is 0 Å². The first-order valence-corrected chi connectivity index (χ1v) is 9.13. The maximum absolute atomic E-state index is 12.5. The Morgan fingerprint density at radius 1 is 1.15 bits per heavy atom. The zero-order valence-corrected chi connectivity index (χ0v) is 18.0. The molecule has 1 aliphatic heterocycles. The fourth-order valence-corrected chi connectivity index (χ4v) is 2.79. The molecule has 0 radical (unpaired) electrons. The second-order valence-corrected chi connectivity index (χ2v) is 6.56. The smallest absolute Gasteiger partial charge is 1.00 e. The third kappa shape index (κ3) is 8.01. The molecule has 0 spiro atoms. The standard InChI is InChI=1S/C19H27N3O4.Na.H/c1-2-3-4-8-11-20-17(23)14(12-13-9-6-5-7-10-13)21-18(24)15-16(22-15)19(25)26;;/h5-7,9-10,14-16,22H,2-4,8,11-12H2,1H3,(H,20,23)(H,21,24)(H,25,26);;/q;+1;-1/t14-,15-,16-;;/m0../s1. The van der Waals surface area contributed by atoms with E-state index in [0.29, 0.717) is 13.0 Å². The zero-order chi connectivity index (χ0) is 18.9. The van der Waals surface area contributed by atoms with Crippen molar-refractivity contribution < 1.29 is 50.5 Å². The van der Waals surface area contributed by atoms with E-state index in [1.54, 1.807) is 0 Å². The molecule has 8 heteroatoms. The fraction of sp³-hybridized carbons (Fsp3) is 0.526. The molecule has 1 saturated heterocycles. The number of carbonyl (C=O) groups excluding carboxylic acids is 2. The van der Waals surface area contributed by atoms with Gasteiger partial charge in [0.1, 0.15) is 18.1 Å². The van der Waals surface area contributed by atoms with Crippen LogP contribution in [0, 0.1) is 0 Å². The average Bonchev–Trinajstić information content (AvgIpc) is 3.43. The maximum atomic E-state index is 12.5. The fourth-order valence-electron chi connectivity index (χ4n) is 2.79. The Kier molecular flexibility index (Phi) is 10.6. The van der Waals surface area contributed by atoms with Crippen molar-refractivity contribution in [1.29, 1.82) is 0 Å². The number of hydrogen-bond acceptors (Lipinski definition) is 4.